The van der Waals surface area contributed by atoms with Crippen molar-refractivity contribution in [1.29, 1.82) is 0 Å². The molecule has 0 aliphatic rings. The summed E-state index contributed by atoms with van der Waals surface area (Å²) >= 11 is 0. The van der Waals surface area contributed by atoms with E-state index in [2.05, 4.69) is 9.71 Å². The molecule has 3 N–H and O–H groups in total. The Hall–Kier alpha value is -2.12. The van der Waals surface area contributed by atoms with Crippen LogP contribution in [0, 0.1) is 0 Å². The second-order valence-corrected chi connectivity index (χ2v) is 6.50. The number of nitrogen functional groups attached to an aromatic ring is 1. The highest BCUT2D eigenvalue weighted by molar-refractivity contribution is 7.89. The maximum Gasteiger partial charge on any atom is 0.242 e. The molecule has 1 aromatic heterocycles. The van der Waals surface area contributed by atoms with E-state index in [0.717, 1.165) is 5.56 Å². The van der Waals surface area contributed by atoms with Gasteiger partial charge in [-0.15, -0.1) is 0 Å². The Balaban J connectivity index is 2.39. The van der Waals surface area contributed by atoms with E-state index in [1.807, 2.05) is 24.1 Å². The molecule has 0 saturated carbocycles. The zero-order chi connectivity index (χ0) is 15.5. The zero-order valence-corrected chi connectivity index (χ0v) is 12.8. The Morgan fingerprint density at radius 1 is 1.24 bits per heavy atom. The van der Waals surface area contributed by atoms with Gasteiger partial charge in [-0.3, -0.25) is 4.98 Å². The highest BCUT2D eigenvalue weighted by atomic mass is 32.2. The Kier molecular flexibility index (Phi) is 4.44. The van der Waals surface area contributed by atoms with Gasteiger partial charge in [-0.1, -0.05) is 0 Å². The lowest BCUT2D eigenvalue weighted by Crippen LogP contribution is -2.24. The summed E-state index contributed by atoms with van der Waals surface area (Å²) in [4.78, 5) is 5.99. The quantitative estimate of drug-likeness (QED) is 0.811. The largest absolute Gasteiger partial charge is 0.399 e. The smallest absolute Gasteiger partial charge is 0.242 e. The van der Waals surface area contributed by atoms with Gasteiger partial charge in [-0.2, -0.15) is 0 Å². The normalized spacial score (nSPS) is 11.3. The predicted octanol–water partition coefficient (Wildman–Crippen LogP) is 1.21. The Labute approximate surface area is 124 Å². The average Bonchev–Trinajstić information content (AvgIpc) is 2.48. The lowest BCUT2D eigenvalue weighted by atomic mass is 10.2. The maximum atomic E-state index is 12.1. The van der Waals surface area contributed by atoms with Gasteiger partial charge in [0.2, 0.25) is 10.0 Å². The summed E-state index contributed by atoms with van der Waals surface area (Å²) in [5.74, 6) is 0. The van der Waals surface area contributed by atoms with Crippen LogP contribution in [0.1, 0.15) is 5.56 Å². The number of nitrogens with zero attached hydrogens (tertiary/aromatic N) is 2. The van der Waals surface area contributed by atoms with Gasteiger partial charge in [0.25, 0.3) is 0 Å². The first-order valence-corrected chi connectivity index (χ1v) is 7.85. The number of sulfonamides is 1. The topological polar surface area (TPSA) is 88.3 Å². The van der Waals surface area contributed by atoms with Crippen molar-refractivity contribution in [3.63, 3.8) is 0 Å². The monoisotopic (exact) mass is 306 g/mol. The number of rotatable bonds is 5. The SMILES string of the molecule is CNS(=O)(=O)c1cc(N)ccc1N(C)Cc1ccncc1. The number of nitrogens with two attached hydrogens (primary N) is 1. The van der Waals surface area contributed by atoms with Crippen molar-refractivity contribution >= 4 is 21.4 Å². The summed E-state index contributed by atoms with van der Waals surface area (Å²) in [6, 6.07) is 8.64. The molecule has 0 unspecified atom stereocenters. The molecule has 2 aromatic rings. The van der Waals surface area contributed by atoms with Gasteiger partial charge in [0.15, 0.2) is 0 Å². The molecule has 0 bridgehead atoms. The Bertz CT molecular complexity index is 717. The van der Waals surface area contributed by atoms with Crippen molar-refractivity contribution in [2.24, 2.45) is 0 Å². The van der Waals surface area contributed by atoms with E-state index in [1.54, 1.807) is 24.5 Å². The third kappa shape index (κ3) is 3.50. The number of hydrogen-bond acceptors (Lipinski definition) is 5. The molecule has 0 saturated heterocycles. The molecule has 0 fully saturated rings. The third-order valence-electron chi connectivity index (χ3n) is 3.12. The minimum absolute atomic E-state index is 0.168. The van der Waals surface area contributed by atoms with Crippen molar-refractivity contribution in [3.8, 4) is 0 Å². The summed E-state index contributed by atoms with van der Waals surface area (Å²) < 4.78 is 26.6. The molecular formula is C14H18N4O2S. The molecule has 6 nitrogen and oxygen atoms in total. The molecule has 7 heteroatoms. The van der Waals surface area contributed by atoms with E-state index in [1.165, 1.54) is 13.1 Å². The predicted molar refractivity (Wildman–Crippen MR) is 83.4 cm³/mol. The van der Waals surface area contributed by atoms with Crippen LogP contribution in [0.15, 0.2) is 47.6 Å². The van der Waals surface area contributed by atoms with Crippen LogP contribution in [0.3, 0.4) is 0 Å². The number of nitrogens with one attached hydrogen (secondary N) is 1. The maximum absolute atomic E-state index is 12.1. The fourth-order valence-corrected chi connectivity index (χ4v) is 3.03. The Morgan fingerprint density at radius 2 is 1.90 bits per heavy atom. The van der Waals surface area contributed by atoms with Gasteiger partial charge in [0.1, 0.15) is 4.90 Å². The minimum atomic E-state index is -3.57. The molecule has 0 radical (unpaired) electrons. The average molecular weight is 306 g/mol. The molecule has 0 atom stereocenters. The molecular weight excluding hydrogens is 288 g/mol. The van der Waals surface area contributed by atoms with Crippen LogP contribution in [0.5, 0.6) is 0 Å². The Morgan fingerprint density at radius 3 is 2.52 bits per heavy atom. The molecule has 1 aromatic carbocycles. The fraction of sp³-hybridized carbons (Fsp3) is 0.214. The number of benzene rings is 1. The summed E-state index contributed by atoms with van der Waals surface area (Å²) in [6.07, 6.45) is 3.41. The van der Waals surface area contributed by atoms with Gasteiger partial charge in [0.05, 0.1) is 5.69 Å². The van der Waals surface area contributed by atoms with Crippen molar-refractivity contribution in [2.75, 3.05) is 24.7 Å². The van der Waals surface area contributed by atoms with Crippen LogP contribution in [0.4, 0.5) is 11.4 Å². The van der Waals surface area contributed by atoms with Crippen molar-refractivity contribution in [2.45, 2.75) is 11.4 Å². The summed E-state index contributed by atoms with van der Waals surface area (Å²) in [7, 11) is -0.359. The van der Waals surface area contributed by atoms with Crippen molar-refractivity contribution in [1.82, 2.24) is 9.71 Å². The lowest BCUT2D eigenvalue weighted by Gasteiger charge is -2.22. The second kappa shape index (κ2) is 6.11. The summed E-state index contributed by atoms with van der Waals surface area (Å²) in [5, 5.41) is 0. The van der Waals surface area contributed by atoms with Crippen molar-refractivity contribution in [3.05, 3.63) is 48.3 Å². The summed E-state index contributed by atoms with van der Waals surface area (Å²) in [6.45, 7) is 0.568. The highest BCUT2D eigenvalue weighted by Crippen LogP contribution is 2.27. The molecule has 0 spiro atoms. The number of anilines is 2. The third-order valence-corrected chi connectivity index (χ3v) is 4.57. The van der Waals surface area contributed by atoms with E-state index >= 15 is 0 Å². The number of pyridine rings is 1. The van der Waals surface area contributed by atoms with E-state index in [0.29, 0.717) is 17.9 Å². The highest BCUT2D eigenvalue weighted by Gasteiger charge is 2.19. The minimum Gasteiger partial charge on any atom is -0.399 e. The van der Waals surface area contributed by atoms with Gasteiger partial charge in [0, 0.05) is 31.7 Å². The lowest BCUT2D eigenvalue weighted by molar-refractivity contribution is 0.588. The molecule has 0 aliphatic heterocycles. The number of aromatic nitrogens is 1. The second-order valence-electron chi connectivity index (χ2n) is 4.65. The number of hydrogen-bond donors (Lipinski definition) is 2. The van der Waals surface area contributed by atoms with Crippen LogP contribution < -0.4 is 15.4 Å². The van der Waals surface area contributed by atoms with Crippen LogP contribution in [0.2, 0.25) is 0 Å². The van der Waals surface area contributed by atoms with E-state index in [-0.39, 0.29) is 4.90 Å². The van der Waals surface area contributed by atoms with Gasteiger partial charge < -0.3 is 10.6 Å². The van der Waals surface area contributed by atoms with E-state index < -0.39 is 10.0 Å². The zero-order valence-electron chi connectivity index (χ0n) is 11.9. The van der Waals surface area contributed by atoms with Crippen LogP contribution >= 0.6 is 0 Å². The summed E-state index contributed by atoms with van der Waals surface area (Å²) in [5.41, 5.74) is 7.75. The van der Waals surface area contributed by atoms with Gasteiger partial charge in [-0.25, -0.2) is 13.1 Å². The fourth-order valence-electron chi connectivity index (χ4n) is 2.02. The molecule has 0 amide bonds. The molecule has 2 rings (SSSR count). The first-order valence-electron chi connectivity index (χ1n) is 6.37. The van der Waals surface area contributed by atoms with E-state index in [4.69, 9.17) is 5.73 Å². The molecule has 1 heterocycles. The van der Waals surface area contributed by atoms with Gasteiger partial charge in [-0.05, 0) is 42.9 Å². The first-order chi connectivity index (χ1) is 9.94. The molecule has 112 valence electrons. The van der Waals surface area contributed by atoms with Crippen LogP contribution in [-0.4, -0.2) is 27.5 Å². The molecule has 21 heavy (non-hydrogen) atoms. The first kappa shape index (κ1) is 15.3. The van der Waals surface area contributed by atoms with Gasteiger partial charge >= 0.3 is 0 Å². The van der Waals surface area contributed by atoms with E-state index in [9.17, 15) is 8.42 Å². The van der Waals surface area contributed by atoms with Crippen LogP contribution in [0.25, 0.3) is 0 Å². The van der Waals surface area contributed by atoms with Crippen molar-refractivity contribution < 1.29 is 8.42 Å². The van der Waals surface area contributed by atoms with Crippen LogP contribution in [-0.2, 0) is 16.6 Å². The molecule has 0 aliphatic carbocycles. The standard InChI is InChI=1S/C14H18N4O2S/c1-16-21(19,20)14-9-12(15)3-4-13(14)18(2)10-11-5-7-17-8-6-11/h3-9,16H,10,15H2,1-2H3.